The summed E-state index contributed by atoms with van der Waals surface area (Å²) in [5, 5.41) is 2.73. The van der Waals surface area contributed by atoms with Gasteiger partial charge in [-0.15, -0.1) is 0 Å². The van der Waals surface area contributed by atoms with Crippen molar-refractivity contribution in [3.63, 3.8) is 0 Å². The number of alkyl halides is 3. The molecule has 0 saturated heterocycles. The summed E-state index contributed by atoms with van der Waals surface area (Å²) in [6, 6.07) is 0.948. The molecule has 0 aliphatic rings. The van der Waals surface area contributed by atoms with Crippen molar-refractivity contribution in [3.05, 3.63) is 23.3 Å². The van der Waals surface area contributed by atoms with Gasteiger partial charge in [0.25, 0.3) is 0 Å². The lowest BCUT2D eigenvalue weighted by atomic mass is 10.3. The van der Waals surface area contributed by atoms with E-state index in [2.05, 4.69) is 15.3 Å². The van der Waals surface area contributed by atoms with Gasteiger partial charge in [-0.2, -0.15) is 13.2 Å². The maximum atomic E-state index is 12.3. The fraction of sp³-hybridized carbons (Fsp3) is 0.500. The van der Waals surface area contributed by atoms with Gasteiger partial charge in [-0.05, 0) is 20.0 Å². The molecule has 0 atom stereocenters. The van der Waals surface area contributed by atoms with Crippen LogP contribution >= 0.6 is 0 Å². The van der Waals surface area contributed by atoms with E-state index < -0.39 is 11.9 Å². The number of hydrogen-bond acceptors (Lipinski definition) is 3. The zero-order valence-corrected chi connectivity index (χ0v) is 7.81. The zero-order chi connectivity index (χ0) is 10.8. The van der Waals surface area contributed by atoms with Crippen LogP contribution in [0.15, 0.2) is 6.07 Å². The fourth-order valence-electron chi connectivity index (χ4n) is 1.05. The van der Waals surface area contributed by atoms with Crippen molar-refractivity contribution in [2.75, 3.05) is 7.05 Å². The SMILES string of the molecule is CNCc1cc(C(F)(F)F)nc(C)n1. The lowest BCUT2D eigenvalue weighted by Crippen LogP contribution is -2.14. The first-order valence-corrected chi connectivity index (χ1v) is 4.00. The first-order chi connectivity index (χ1) is 6.43. The molecule has 0 fully saturated rings. The Morgan fingerprint density at radius 2 is 2.00 bits per heavy atom. The van der Waals surface area contributed by atoms with Gasteiger partial charge in [-0.1, -0.05) is 0 Å². The number of hydrogen-bond donors (Lipinski definition) is 1. The van der Waals surface area contributed by atoms with Gasteiger partial charge < -0.3 is 5.32 Å². The van der Waals surface area contributed by atoms with Gasteiger partial charge in [0.2, 0.25) is 0 Å². The minimum Gasteiger partial charge on any atom is -0.314 e. The topological polar surface area (TPSA) is 37.8 Å². The summed E-state index contributed by atoms with van der Waals surface area (Å²) < 4.78 is 36.8. The van der Waals surface area contributed by atoms with Crippen molar-refractivity contribution in [3.8, 4) is 0 Å². The number of nitrogens with zero attached hydrogens (tertiary/aromatic N) is 2. The van der Waals surface area contributed by atoms with Gasteiger partial charge >= 0.3 is 6.18 Å². The quantitative estimate of drug-likeness (QED) is 0.795. The van der Waals surface area contributed by atoms with Crippen LogP contribution in [0.4, 0.5) is 13.2 Å². The van der Waals surface area contributed by atoms with Crippen molar-refractivity contribution >= 4 is 0 Å². The first-order valence-electron chi connectivity index (χ1n) is 4.00. The number of aromatic nitrogens is 2. The molecule has 78 valence electrons. The van der Waals surface area contributed by atoms with Crippen molar-refractivity contribution in [2.45, 2.75) is 19.6 Å². The van der Waals surface area contributed by atoms with Gasteiger partial charge in [0.1, 0.15) is 11.5 Å². The van der Waals surface area contributed by atoms with Crippen LogP contribution in [0.3, 0.4) is 0 Å². The average Bonchev–Trinajstić information content (AvgIpc) is 2.02. The van der Waals surface area contributed by atoms with Crippen molar-refractivity contribution in [1.82, 2.24) is 15.3 Å². The third kappa shape index (κ3) is 2.66. The number of nitrogens with one attached hydrogen (secondary N) is 1. The fourth-order valence-corrected chi connectivity index (χ4v) is 1.05. The van der Waals surface area contributed by atoms with Crippen LogP contribution in [0.25, 0.3) is 0 Å². The average molecular weight is 205 g/mol. The molecule has 0 bridgehead atoms. The van der Waals surface area contributed by atoms with E-state index in [1.165, 1.54) is 6.92 Å². The van der Waals surface area contributed by atoms with Gasteiger partial charge in [0.15, 0.2) is 0 Å². The number of aryl methyl sites for hydroxylation is 1. The molecular weight excluding hydrogens is 195 g/mol. The highest BCUT2D eigenvalue weighted by Crippen LogP contribution is 2.27. The van der Waals surface area contributed by atoms with E-state index in [4.69, 9.17) is 0 Å². The molecule has 0 amide bonds. The minimum absolute atomic E-state index is 0.130. The Balaban J connectivity index is 3.07. The molecule has 3 nitrogen and oxygen atoms in total. The van der Waals surface area contributed by atoms with E-state index in [1.54, 1.807) is 7.05 Å². The Morgan fingerprint density at radius 3 is 2.50 bits per heavy atom. The summed E-state index contributed by atoms with van der Waals surface area (Å²) >= 11 is 0. The second kappa shape index (κ2) is 3.91. The van der Waals surface area contributed by atoms with Crippen LogP contribution in [0.5, 0.6) is 0 Å². The van der Waals surface area contributed by atoms with Gasteiger partial charge in [-0.25, -0.2) is 9.97 Å². The smallest absolute Gasteiger partial charge is 0.314 e. The molecule has 1 N–H and O–H groups in total. The Labute approximate surface area is 79.4 Å². The molecule has 1 aromatic rings. The number of halogens is 3. The van der Waals surface area contributed by atoms with E-state index in [9.17, 15) is 13.2 Å². The summed E-state index contributed by atoms with van der Waals surface area (Å²) in [6.07, 6.45) is -4.41. The normalized spacial score (nSPS) is 11.8. The lowest BCUT2D eigenvalue weighted by Gasteiger charge is -2.08. The van der Waals surface area contributed by atoms with E-state index in [0.717, 1.165) is 6.07 Å². The molecular formula is C8H10F3N3. The molecule has 0 radical (unpaired) electrons. The molecule has 0 aliphatic heterocycles. The summed E-state index contributed by atoms with van der Waals surface area (Å²) in [5.74, 6) is 0.130. The molecule has 0 aromatic carbocycles. The first kappa shape index (κ1) is 10.9. The molecule has 14 heavy (non-hydrogen) atoms. The van der Waals surface area contributed by atoms with Crippen molar-refractivity contribution < 1.29 is 13.2 Å². The Morgan fingerprint density at radius 1 is 1.36 bits per heavy atom. The summed E-state index contributed by atoms with van der Waals surface area (Å²) in [4.78, 5) is 7.19. The maximum absolute atomic E-state index is 12.3. The van der Waals surface area contributed by atoms with Crippen LogP contribution in [0, 0.1) is 6.92 Å². The van der Waals surface area contributed by atoms with Crippen LogP contribution in [-0.4, -0.2) is 17.0 Å². The third-order valence-electron chi connectivity index (χ3n) is 1.54. The van der Waals surface area contributed by atoms with Crippen LogP contribution in [0.2, 0.25) is 0 Å². The molecule has 6 heteroatoms. The number of rotatable bonds is 2. The van der Waals surface area contributed by atoms with Crippen LogP contribution in [0.1, 0.15) is 17.2 Å². The molecule has 0 aliphatic carbocycles. The molecule has 1 rings (SSSR count). The lowest BCUT2D eigenvalue weighted by molar-refractivity contribution is -0.141. The molecule has 0 spiro atoms. The second-order valence-corrected chi connectivity index (χ2v) is 2.82. The van der Waals surface area contributed by atoms with Gasteiger partial charge in [-0.3, -0.25) is 0 Å². The Bertz CT molecular complexity index is 322. The summed E-state index contributed by atoms with van der Waals surface area (Å²) in [7, 11) is 1.64. The maximum Gasteiger partial charge on any atom is 0.433 e. The molecule has 1 aromatic heterocycles. The van der Waals surface area contributed by atoms with E-state index in [-0.39, 0.29) is 5.82 Å². The summed E-state index contributed by atoms with van der Waals surface area (Å²) in [6.45, 7) is 1.74. The van der Waals surface area contributed by atoms with Crippen molar-refractivity contribution in [1.29, 1.82) is 0 Å². The minimum atomic E-state index is -4.41. The predicted molar refractivity (Wildman–Crippen MR) is 44.5 cm³/mol. The van der Waals surface area contributed by atoms with Crippen LogP contribution < -0.4 is 5.32 Å². The zero-order valence-electron chi connectivity index (χ0n) is 7.81. The van der Waals surface area contributed by atoms with Gasteiger partial charge in [0.05, 0.1) is 5.69 Å². The largest absolute Gasteiger partial charge is 0.433 e. The Hall–Kier alpha value is -1.17. The highest BCUT2D eigenvalue weighted by Gasteiger charge is 2.33. The van der Waals surface area contributed by atoms with E-state index in [0.29, 0.717) is 12.2 Å². The summed E-state index contributed by atoms with van der Waals surface area (Å²) in [5.41, 5.74) is -0.553. The molecule has 0 unspecified atom stereocenters. The Kier molecular flexibility index (Phi) is 3.05. The van der Waals surface area contributed by atoms with Crippen molar-refractivity contribution in [2.24, 2.45) is 0 Å². The van der Waals surface area contributed by atoms with Gasteiger partial charge in [0, 0.05) is 6.54 Å². The highest BCUT2D eigenvalue weighted by atomic mass is 19.4. The highest BCUT2D eigenvalue weighted by molar-refractivity contribution is 5.13. The predicted octanol–water partition coefficient (Wildman–Crippen LogP) is 1.52. The van der Waals surface area contributed by atoms with Crippen LogP contribution in [-0.2, 0) is 12.7 Å². The monoisotopic (exact) mass is 205 g/mol. The molecule has 0 saturated carbocycles. The molecule has 1 heterocycles. The third-order valence-corrected chi connectivity index (χ3v) is 1.54. The second-order valence-electron chi connectivity index (χ2n) is 2.82. The van der Waals surface area contributed by atoms with E-state index in [1.807, 2.05) is 0 Å². The van der Waals surface area contributed by atoms with E-state index >= 15 is 0 Å². The standard InChI is InChI=1S/C8H10F3N3/c1-5-13-6(4-12-2)3-7(14-5)8(9,10)11/h3,12H,4H2,1-2H3.